The third-order valence-electron chi connectivity index (χ3n) is 4.24. The van der Waals surface area contributed by atoms with Crippen molar-refractivity contribution in [3.63, 3.8) is 0 Å². The molecule has 0 aliphatic carbocycles. The summed E-state index contributed by atoms with van der Waals surface area (Å²) < 4.78 is 24.7. The number of aliphatic imine (C=N–C) groups is 1. The summed E-state index contributed by atoms with van der Waals surface area (Å²) in [4.78, 5) is 19.5. The van der Waals surface area contributed by atoms with E-state index in [1.54, 1.807) is 35.2 Å². The normalized spacial score (nSPS) is 16.6. The maximum Gasteiger partial charge on any atom is 0.266 e. The molecular weight excluding hydrogens is 439 g/mol. The second-order valence-corrected chi connectivity index (χ2v) is 8.38. The number of nitrogens with zero attached hydrogens (tertiary/aromatic N) is 2. The van der Waals surface area contributed by atoms with Gasteiger partial charge < -0.3 is 9.47 Å². The van der Waals surface area contributed by atoms with Crippen LogP contribution >= 0.6 is 23.4 Å². The van der Waals surface area contributed by atoms with E-state index in [2.05, 4.69) is 4.99 Å². The first kappa shape index (κ1) is 23.2. The van der Waals surface area contributed by atoms with Crippen LogP contribution in [0.2, 0.25) is 5.02 Å². The summed E-state index contributed by atoms with van der Waals surface area (Å²) >= 11 is 7.71. The second kappa shape index (κ2) is 10.2. The van der Waals surface area contributed by atoms with Crippen molar-refractivity contribution in [2.45, 2.75) is 33.8 Å². The standard InChI is InChI=1S/C23H24ClFN2O3S/c1-5-27-22(28)20(31-23(27)26-17-9-7-16(25)8-10-17)13-15-11-18(24)21(30-14(3)4)19(12-15)29-6-2/h7-14H,5-6H2,1-4H3/b20-13+,26-23?. The zero-order chi connectivity index (χ0) is 22.5. The average molecular weight is 463 g/mol. The highest BCUT2D eigenvalue weighted by atomic mass is 35.5. The van der Waals surface area contributed by atoms with Crippen molar-refractivity contribution in [2.75, 3.05) is 13.2 Å². The molecule has 1 amide bonds. The van der Waals surface area contributed by atoms with Gasteiger partial charge in [-0.1, -0.05) is 11.6 Å². The number of likely N-dealkylation sites (N-methyl/N-ethyl adjacent to an activating group) is 1. The van der Waals surface area contributed by atoms with Crippen molar-refractivity contribution in [1.82, 2.24) is 4.90 Å². The Labute approximate surface area is 190 Å². The van der Waals surface area contributed by atoms with Gasteiger partial charge in [-0.05, 0) is 87.5 Å². The lowest BCUT2D eigenvalue weighted by molar-refractivity contribution is -0.122. The molecule has 1 heterocycles. The molecule has 0 aromatic heterocycles. The number of hydrogen-bond donors (Lipinski definition) is 0. The van der Waals surface area contributed by atoms with E-state index in [-0.39, 0.29) is 17.8 Å². The molecule has 164 valence electrons. The van der Waals surface area contributed by atoms with E-state index in [1.165, 1.54) is 23.9 Å². The molecule has 0 atom stereocenters. The van der Waals surface area contributed by atoms with E-state index >= 15 is 0 Å². The number of amides is 1. The molecule has 1 aliphatic rings. The highest BCUT2D eigenvalue weighted by molar-refractivity contribution is 8.18. The van der Waals surface area contributed by atoms with Crippen LogP contribution in [-0.2, 0) is 4.79 Å². The lowest BCUT2D eigenvalue weighted by atomic mass is 10.1. The average Bonchev–Trinajstić information content (AvgIpc) is 3.00. The van der Waals surface area contributed by atoms with Crippen molar-refractivity contribution in [2.24, 2.45) is 4.99 Å². The van der Waals surface area contributed by atoms with Gasteiger partial charge >= 0.3 is 0 Å². The Balaban J connectivity index is 1.95. The van der Waals surface area contributed by atoms with E-state index < -0.39 is 0 Å². The number of rotatable bonds is 7. The number of thioether (sulfide) groups is 1. The fraction of sp³-hybridized carbons (Fsp3) is 0.304. The number of amidine groups is 1. The minimum atomic E-state index is -0.334. The summed E-state index contributed by atoms with van der Waals surface area (Å²) in [7, 11) is 0. The van der Waals surface area contributed by atoms with Gasteiger partial charge in [-0.25, -0.2) is 9.38 Å². The van der Waals surface area contributed by atoms with Gasteiger partial charge in [-0.15, -0.1) is 0 Å². The molecule has 0 bridgehead atoms. The summed E-state index contributed by atoms with van der Waals surface area (Å²) in [6.07, 6.45) is 1.70. The van der Waals surface area contributed by atoms with Crippen LogP contribution in [0.25, 0.3) is 6.08 Å². The molecule has 1 aliphatic heterocycles. The maximum absolute atomic E-state index is 13.2. The van der Waals surface area contributed by atoms with Gasteiger partial charge in [0.05, 0.1) is 28.3 Å². The van der Waals surface area contributed by atoms with Gasteiger partial charge in [-0.3, -0.25) is 9.69 Å². The summed E-state index contributed by atoms with van der Waals surface area (Å²) in [5.41, 5.74) is 1.30. The Morgan fingerprint density at radius 1 is 1.23 bits per heavy atom. The number of hydrogen-bond acceptors (Lipinski definition) is 5. The highest BCUT2D eigenvalue weighted by Gasteiger charge is 2.32. The summed E-state index contributed by atoms with van der Waals surface area (Å²) in [5.74, 6) is 0.530. The van der Waals surface area contributed by atoms with E-state index in [4.69, 9.17) is 21.1 Å². The van der Waals surface area contributed by atoms with Crippen molar-refractivity contribution < 1.29 is 18.7 Å². The number of ether oxygens (including phenoxy) is 2. The Kier molecular flexibility index (Phi) is 7.62. The van der Waals surface area contributed by atoms with E-state index in [0.29, 0.717) is 45.4 Å². The third kappa shape index (κ3) is 5.60. The fourth-order valence-electron chi connectivity index (χ4n) is 2.93. The molecule has 31 heavy (non-hydrogen) atoms. The predicted octanol–water partition coefficient (Wildman–Crippen LogP) is 6.29. The first-order valence-corrected chi connectivity index (χ1v) is 11.2. The SMILES string of the molecule is CCOc1cc(/C=C2/SC(=Nc3ccc(F)cc3)N(CC)C2=O)cc(Cl)c1OC(C)C. The molecule has 0 unspecified atom stereocenters. The smallest absolute Gasteiger partial charge is 0.266 e. The molecule has 0 radical (unpaired) electrons. The number of carbonyl (C=O) groups is 1. The van der Waals surface area contributed by atoms with Gasteiger partial charge in [0.1, 0.15) is 5.82 Å². The van der Waals surface area contributed by atoms with Crippen molar-refractivity contribution in [1.29, 1.82) is 0 Å². The van der Waals surface area contributed by atoms with Crippen LogP contribution in [0, 0.1) is 5.82 Å². The van der Waals surface area contributed by atoms with Gasteiger partial charge in [0, 0.05) is 6.54 Å². The summed E-state index contributed by atoms with van der Waals surface area (Å²) in [6.45, 7) is 8.51. The summed E-state index contributed by atoms with van der Waals surface area (Å²) in [6, 6.07) is 9.38. The Morgan fingerprint density at radius 2 is 1.94 bits per heavy atom. The van der Waals surface area contributed by atoms with E-state index in [9.17, 15) is 9.18 Å². The van der Waals surface area contributed by atoms with Crippen molar-refractivity contribution >= 4 is 46.2 Å². The number of halogens is 2. The lowest BCUT2D eigenvalue weighted by Crippen LogP contribution is -2.28. The first-order valence-electron chi connectivity index (χ1n) is 10.0. The molecule has 0 N–H and O–H groups in total. The summed E-state index contributed by atoms with van der Waals surface area (Å²) in [5, 5.41) is 0.954. The molecule has 8 heteroatoms. The third-order valence-corrected chi connectivity index (χ3v) is 5.53. The van der Waals surface area contributed by atoms with Crippen LogP contribution in [0.1, 0.15) is 33.3 Å². The van der Waals surface area contributed by atoms with Crippen LogP contribution < -0.4 is 9.47 Å². The molecular formula is C23H24ClFN2O3S. The predicted molar refractivity (Wildman–Crippen MR) is 125 cm³/mol. The van der Waals surface area contributed by atoms with Crippen molar-refractivity contribution in [3.8, 4) is 11.5 Å². The van der Waals surface area contributed by atoms with E-state index in [1.807, 2.05) is 27.7 Å². The molecule has 1 fully saturated rings. The van der Waals surface area contributed by atoms with Gasteiger partial charge in [0.25, 0.3) is 5.91 Å². The number of benzene rings is 2. The second-order valence-electron chi connectivity index (χ2n) is 6.96. The molecule has 0 spiro atoms. The van der Waals surface area contributed by atoms with Crippen LogP contribution in [0.15, 0.2) is 46.3 Å². The minimum Gasteiger partial charge on any atom is -0.490 e. The molecule has 1 saturated heterocycles. The fourth-order valence-corrected chi connectivity index (χ4v) is 4.26. The molecule has 0 saturated carbocycles. The van der Waals surface area contributed by atoms with Crippen LogP contribution in [0.4, 0.5) is 10.1 Å². The van der Waals surface area contributed by atoms with Crippen LogP contribution in [0.5, 0.6) is 11.5 Å². The minimum absolute atomic E-state index is 0.0591. The topological polar surface area (TPSA) is 51.1 Å². The first-order chi connectivity index (χ1) is 14.8. The zero-order valence-corrected chi connectivity index (χ0v) is 19.4. The molecule has 2 aromatic rings. The molecule has 2 aromatic carbocycles. The maximum atomic E-state index is 13.2. The Hall–Kier alpha value is -2.51. The Morgan fingerprint density at radius 3 is 2.55 bits per heavy atom. The monoisotopic (exact) mass is 462 g/mol. The lowest BCUT2D eigenvalue weighted by Gasteiger charge is -2.16. The van der Waals surface area contributed by atoms with Crippen LogP contribution in [-0.4, -0.2) is 35.2 Å². The van der Waals surface area contributed by atoms with E-state index in [0.717, 1.165) is 5.56 Å². The molecule has 5 nitrogen and oxygen atoms in total. The van der Waals surface area contributed by atoms with Crippen molar-refractivity contribution in [3.05, 3.63) is 57.7 Å². The van der Waals surface area contributed by atoms with Gasteiger partial charge in [-0.2, -0.15) is 0 Å². The highest BCUT2D eigenvalue weighted by Crippen LogP contribution is 2.40. The quantitative estimate of drug-likeness (QED) is 0.454. The Bertz CT molecular complexity index is 1020. The largest absolute Gasteiger partial charge is 0.490 e. The number of carbonyl (C=O) groups excluding carboxylic acids is 1. The van der Waals surface area contributed by atoms with Gasteiger partial charge in [0.15, 0.2) is 16.7 Å². The zero-order valence-electron chi connectivity index (χ0n) is 17.8. The van der Waals surface area contributed by atoms with Gasteiger partial charge in [0.2, 0.25) is 0 Å². The van der Waals surface area contributed by atoms with Crippen LogP contribution in [0.3, 0.4) is 0 Å². The molecule has 3 rings (SSSR count).